The van der Waals surface area contributed by atoms with E-state index < -0.39 is 0 Å². The van der Waals surface area contributed by atoms with Gasteiger partial charge in [0, 0.05) is 33.6 Å². The van der Waals surface area contributed by atoms with Gasteiger partial charge < -0.3 is 9.15 Å². The van der Waals surface area contributed by atoms with E-state index in [9.17, 15) is 0 Å². The number of benzene rings is 9. The van der Waals surface area contributed by atoms with E-state index in [-0.39, 0.29) is 10.8 Å². The maximum Gasteiger partial charge on any atom is 0.135 e. The number of hydrogen-bond donors (Lipinski definition) is 0. The van der Waals surface area contributed by atoms with Gasteiger partial charge in [0.25, 0.3) is 0 Å². The number of furan rings is 1. The van der Waals surface area contributed by atoms with Crippen LogP contribution in [0.2, 0.25) is 0 Å². The standard InChI is InChI=1S/C62H46O2/c1-61(2)53-25-24-47-46-22-17-44(43-21-28-58-52(34-43)51-32-41(20-27-57(51)64-58)38-13-9-6-10-14-38)35-54(46)62(3,4)60(47)59(53)48-23-18-45(36-55(48)61)42-19-26-56-50(33-42)49-31-40(37-11-7-5-8-12-37)16-15-39(49)29-30-63-56/h5-28,31-36H,29-30H2,1-4H3. The first-order valence-corrected chi connectivity index (χ1v) is 22.7. The molecule has 2 heteroatoms. The van der Waals surface area contributed by atoms with Crippen LogP contribution in [0.5, 0.6) is 5.75 Å². The second-order valence-corrected chi connectivity index (χ2v) is 19.1. The minimum Gasteiger partial charge on any atom is -0.493 e. The maximum absolute atomic E-state index is 6.38. The van der Waals surface area contributed by atoms with Crippen molar-refractivity contribution in [1.29, 1.82) is 0 Å². The summed E-state index contributed by atoms with van der Waals surface area (Å²) in [6, 6.07) is 67.3. The summed E-state index contributed by atoms with van der Waals surface area (Å²) in [7, 11) is 0. The Morgan fingerprint density at radius 2 is 0.891 bits per heavy atom. The van der Waals surface area contributed by atoms with Gasteiger partial charge in [0.15, 0.2) is 0 Å². The number of ether oxygens (including phenoxy) is 1. The Morgan fingerprint density at radius 3 is 1.58 bits per heavy atom. The first-order valence-electron chi connectivity index (χ1n) is 22.7. The molecule has 0 saturated heterocycles. The zero-order chi connectivity index (χ0) is 42.9. The molecule has 3 aliphatic rings. The molecule has 0 spiro atoms. The lowest BCUT2D eigenvalue weighted by molar-refractivity contribution is 0.326. The molecule has 0 N–H and O–H groups in total. The van der Waals surface area contributed by atoms with E-state index in [4.69, 9.17) is 9.15 Å². The van der Waals surface area contributed by atoms with E-state index in [2.05, 4.69) is 210 Å². The lowest BCUT2D eigenvalue weighted by Gasteiger charge is -2.26. The summed E-state index contributed by atoms with van der Waals surface area (Å²) in [4.78, 5) is 0. The molecule has 0 amide bonds. The Hall–Kier alpha value is -7.42. The van der Waals surface area contributed by atoms with E-state index >= 15 is 0 Å². The zero-order valence-corrected chi connectivity index (χ0v) is 36.6. The van der Waals surface area contributed by atoms with Crippen molar-refractivity contribution in [2.45, 2.75) is 44.9 Å². The normalized spacial score (nSPS) is 14.8. The monoisotopic (exact) mass is 822 g/mol. The van der Waals surface area contributed by atoms with Crippen LogP contribution in [-0.2, 0) is 17.3 Å². The predicted molar refractivity (Wildman–Crippen MR) is 265 cm³/mol. The SMILES string of the molecule is CC1(C)c2cc(-c3ccc4c(c3)-c3cc(-c5ccccc5)ccc3CCO4)ccc2-c2c1ccc1c2C(C)(C)c2cc(-c3ccc4oc5ccc(-c6ccccc6)cc5c4c3)ccc2-1. The third-order valence-corrected chi connectivity index (χ3v) is 14.8. The van der Waals surface area contributed by atoms with Gasteiger partial charge in [-0.2, -0.15) is 0 Å². The van der Waals surface area contributed by atoms with Crippen molar-refractivity contribution in [2.24, 2.45) is 0 Å². The number of rotatable bonds is 4. The lowest BCUT2D eigenvalue weighted by Crippen LogP contribution is -2.18. The van der Waals surface area contributed by atoms with Crippen LogP contribution in [0.3, 0.4) is 0 Å². The van der Waals surface area contributed by atoms with Crippen LogP contribution in [0.4, 0.5) is 0 Å². The zero-order valence-electron chi connectivity index (χ0n) is 36.6. The van der Waals surface area contributed by atoms with Gasteiger partial charge in [-0.25, -0.2) is 0 Å². The molecular weight excluding hydrogens is 777 g/mol. The first kappa shape index (κ1) is 37.2. The Balaban J connectivity index is 0.878. The summed E-state index contributed by atoms with van der Waals surface area (Å²) in [5, 5.41) is 2.29. The van der Waals surface area contributed by atoms with Crippen molar-refractivity contribution in [3.8, 4) is 83.6 Å². The molecule has 9 aromatic carbocycles. The van der Waals surface area contributed by atoms with Crippen molar-refractivity contribution < 1.29 is 9.15 Å². The average Bonchev–Trinajstić information content (AvgIpc) is 3.83. The van der Waals surface area contributed by atoms with Gasteiger partial charge in [-0.15, -0.1) is 0 Å². The summed E-state index contributed by atoms with van der Waals surface area (Å²) in [6.07, 6.45) is 0.889. The average molecular weight is 823 g/mol. The van der Waals surface area contributed by atoms with Crippen molar-refractivity contribution in [3.05, 3.63) is 210 Å². The molecule has 13 rings (SSSR count). The van der Waals surface area contributed by atoms with Crippen LogP contribution in [0, 0.1) is 0 Å². The molecular formula is C62H46O2. The first-order chi connectivity index (χ1) is 31.2. The van der Waals surface area contributed by atoms with E-state index in [0.29, 0.717) is 6.61 Å². The van der Waals surface area contributed by atoms with E-state index in [0.717, 1.165) is 39.7 Å². The molecule has 0 fully saturated rings. The molecule has 306 valence electrons. The van der Waals surface area contributed by atoms with Crippen LogP contribution < -0.4 is 4.74 Å². The van der Waals surface area contributed by atoms with Gasteiger partial charge in [0.1, 0.15) is 16.9 Å². The van der Waals surface area contributed by atoms with Gasteiger partial charge in [-0.1, -0.05) is 155 Å². The number of hydrogen-bond acceptors (Lipinski definition) is 2. The Bertz CT molecular complexity index is 3570. The van der Waals surface area contributed by atoms with Crippen molar-refractivity contribution in [1.82, 2.24) is 0 Å². The van der Waals surface area contributed by atoms with Crippen LogP contribution in [-0.4, -0.2) is 6.61 Å². The van der Waals surface area contributed by atoms with E-state index in [1.165, 1.54) is 100 Å². The third kappa shape index (κ3) is 5.45. The minimum atomic E-state index is -0.206. The Labute approximate surface area is 374 Å². The summed E-state index contributed by atoms with van der Waals surface area (Å²) < 4.78 is 12.7. The molecule has 0 bridgehead atoms. The summed E-state index contributed by atoms with van der Waals surface area (Å²) in [5.41, 5.74) is 26.0. The van der Waals surface area contributed by atoms with Crippen molar-refractivity contribution >= 4 is 21.9 Å². The molecule has 0 atom stereocenters. The van der Waals surface area contributed by atoms with Crippen molar-refractivity contribution in [3.63, 3.8) is 0 Å². The van der Waals surface area contributed by atoms with Gasteiger partial charge in [0.2, 0.25) is 0 Å². The molecule has 1 aliphatic heterocycles. The molecule has 2 nitrogen and oxygen atoms in total. The minimum absolute atomic E-state index is 0.166. The Kier molecular flexibility index (Phi) is 7.86. The summed E-state index contributed by atoms with van der Waals surface area (Å²) in [5.74, 6) is 0.954. The largest absolute Gasteiger partial charge is 0.493 e. The smallest absolute Gasteiger partial charge is 0.135 e. The van der Waals surface area contributed by atoms with Crippen LogP contribution in [0.15, 0.2) is 186 Å². The second kappa shape index (κ2) is 13.5. The fourth-order valence-electron chi connectivity index (χ4n) is 11.4. The highest BCUT2D eigenvalue weighted by Crippen LogP contribution is 2.60. The molecule has 0 radical (unpaired) electrons. The molecule has 2 aliphatic carbocycles. The predicted octanol–water partition coefficient (Wildman–Crippen LogP) is 16.5. The van der Waals surface area contributed by atoms with E-state index in [1.54, 1.807) is 0 Å². The highest BCUT2D eigenvalue weighted by Gasteiger charge is 2.44. The summed E-state index contributed by atoms with van der Waals surface area (Å²) >= 11 is 0. The highest BCUT2D eigenvalue weighted by molar-refractivity contribution is 6.08. The van der Waals surface area contributed by atoms with Gasteiger partial charge in [-0.05, 0) is 155 Å². The van der Waals surface area contributed by atoms with Crippen molar-refractivity contribution in [2.75, 3.05) is 6.61 Å². The molecule has 1 aromatic heterocycles. The summed E-state index contributed by atoms with van der Waals surface area (Å²) in [6.45, 7) is 10.4. The third-order valence-electron chi connectivity index (χ3n) is 14.8. The fraction of sp³-hybridized carbons (Fsp3) is 0.129. The lowest BCUT2D eigenvalue weighted by atomic mass is 9.77. The molecule has 64 heavy (non-hydrogen) atoms. The second-order valence-electron chi connectivity index (χ2n) is 19.1. The molecule has 0 unspecified atom stereocenters. The Morgan fingerprint density at radius 1 is 0.375 bits per heavy atom. The maximum atomic E-state index is 6.38. The van der Waals surface area contributed by atoms with Crippen LogP contribution in [0.25, 0.3) is 99.8 Å². The quantitative estimate of drug-likeness (QED) is 0.176. The molecule has 10 aromatic rings. The van der Waals surface area contributed by atoms with Gasteiger partial charge >= 0.3 is 0 Å². The van der Waals surface area contributed by atoms with Crippen LogP contribution in [0.1, 0.15) is 55.5 Å². The topological polar surface area (TPSA) is 22.4 Å². The van der Waals surface area contributed by atoms with Crippen LogP contribution >= 0.6 is 0 Å². The van der Waals surface area contributed by atoms with Gasteiger partial charge in [-0.3, -0.25) is 0 Å². The van der Waals surface area contributed by atoms with Gasteiger partial charge in [0.05, 0.1) is 6.61 Å². The molecule has 0 saturated carbocycles. The molecule has 2 heterocycles. The fourth-order valence-corrected chi connectivity index (χ4v) is 11.4. The highest BCUT2D eigenvalue weighted by atomic mass is 16.5. The number of fused-ring (bicyclic) bond motifs is 13. The van der Waals surface area contributed by atoms with E-state index in [1.807, 2.05) is 0 Å².